The van der Waals surface area contributed by atoms with Crippen molar-refractivity contribution in [3.8, 4) is 5.75 Å². The lowest BCUT2D eigenvalue weighted by atomic mass is 9.91. The van der Waals surface area contributed by atoms with Crippen LogP contribution in [0.15, 0.2) is 24.3 Å². The number of aryl methyl sites for hydroxylation is 1. The predicted octanol–water partition coefficient (Wildman–Crippen LogP) is 2.97. The third-order valence-electron chi connectivity index (χ3n) is 4.16. The second-order valence-electron chi connectivity index (χ2n) is 5.53. The Bertz CT molecular complexity index is 424. The van der Waals surface area contributed by atoms with Crippen molar-refractivity contribution >= 4 is 0 Å². The zero-order valence-electron chi connectivity index (χ0n) is 11.6. The Kier molecular flexibility index (Phi) is 3.76. The van der Waals surface area contributed by atoms with Crippen molar-refractivity contribution in [2.24, 2.45) is 0 Å². The molecule has 3 nitrogen and oxygen atoms in total. The lowest BCUT2D eigenvalue weighted by Crippen LogP contribution is -2.44. The molecule has 2 heterocycles. The van der Waals surface area contributed by atoms with Crippen LogP contribution in [-0.2, 0) is 15.9 Å². The second-order valence-corrected chi connectivity index (χ2v) is 5.53. The molecule has 104 valence electrons. The van der Waals surface area contributed by atoms with Crippen LogP contribution in [0.5, 0.6) is 5.75 Å². The Morgan fingerprint density at radius 2 is 2.21 bits per heavy atom. The molecule has 3 heteroatoms. The number of ether oxygens (including phenoxy) is 3. The number of rotatable bonds is 3. The van der Waals surface area contributed by atoms with Crippen molar-refractivity contribution in [3.63, 3.8) is 0 Å². The molecule has 0 amide bonds. The minimum absolute atomic E-state index is 0.0793. The second kappa shape index (κ2) is 5.51. The van der Waals surface area contributed by atoms with Crippen LogP contribution < -0.4 is 4.74 Å². The molecule has 2 unspecified atom stereocenters. The van der Waals surface area contributed by atoms with Gasteiger partial charge in [0.25, 0.3) is 0 Å². The average Bonchev–Trinajstić information content (AvgIpc) is 2.87. The highest BCUT2D eigenvalue weighted by Crippen LogP contribution is 2.35. The molecule has 2 saturated heterocycles. The summed E-state index contributed by atoms with van der Waals surface area (Å²) in [6, 6.07) is 8.33. The molecule has 2 aliphatic rings. The maximum atomic E-state index is 6.23. The Balaban J connectivity index is 1.69. The fraction of sp³-hybridized carbons (Fsp3) is 0.625. The van der Waals surface area contributed by atoms with Gasteiger partial charge in [-0.05, 0) is 18.1 Å². The summed E-state index contributed by atoms with van der Waals surface area (Å²) in [6.07, 6.45) is 4.18. The first-order chi connectivity index (χ1) is 9.31. The zero-order valence-corrected chi connectivity index (χ0v) is 11.6. The Labute approximate surface area is 114 Å². The maximum Gasteiger partial charge on any atom is 0.122 e. The summed E-state index contributed by atoms with van der Waals surface area (Å²) in [6.45, 7) is 4.49. The van der Waals surface area contributed by atoms with Crippen molar-refractivity contribution in [2.75, 3.05) is 19.8 Å². The first kappa shape index (κ1) is 12.9. The standard InChI is InChI=1S/C16H22O3/c1-2-13-5-3-4-6-15(13)19-14-7-9-18-16(11-14)8-10-17-12-16/h3-6,14H,2,7-12H2,1H3. The number of benzene rings is 1. The fourth-order valence-electron chi connectivity index (χ4n) is 3.04. The highest BCUT2D eigenvalue weighted by atomic mass is 16.6. The lowest BCUT2D eigenvalue weighted by molar-refractivity contribution is -0.112. The predicted molar refractivity (Wildman–Crippen MR) is 73.6 cm³/mol. The van der Waals surface area contributed by atoms with Crippen molar-refractivity contribution in [2.45, 2.75) is 44.3 Å². The van der Waals surface area contributed by atoms with Gasteiger partial charge in [0.1, 0.15) is 11.9 Å². The Morgan fingerprint density at radius 3 is 3.00 bits per heavy atom. The van der Waals surface area contributed by atoms with Gasteiger partial charge in [0.2, 0.25) is 0 Å². The molecule has 3 rings (SSSR count). The van der Waals surface area contributed by atoms with Crippen molar-refractivity contribution < 1.29 is 14.2 Å². The molecular weight excluding hydrogens is 240 g/mol. The average molecular weight is 262 g/mol. The summed E-state index contributed by atoms with van der Waals surface area (Å²) < 4.78 is 17.7. The molecule has 1 aromatic carbocycles. The third-order valence-corrected chi connectivity index (χ3v) is 4.16. The molecule has 2 atom stereocenters. The maximum absolute atomic E-state index is 6.23. The first-order valence-corrected chi connectivity index (χ1v) is 7.28. The van der Waals surface area contributed by atoms with Gasteiger partial charge >= 0.3 is 0 Å². The van der Waals surface area contributed by atoms with Crippen molar-refractivity contribution in [1.82, 2.24) is 0 Å². The minimum Gasteiger partial charge on any atom is -0.490 e. The van der Waals surface area contributed by atoms with E-state index in [4.69, 9.17) is 14.2 Å². The van der Waals surface area contributed by atoms with Crippen LogP contribution >= 0.6 is 0 Å². The fourth-order valence-corrected chi connectivity index (χ4v) is 3.04. The van der Waals surface area contributed by atoms with Crippen LogP contribution in [-0.4, -0.2) is 31.5 Å². The van der Waals surface area contributed by atoms with Crippen molar-refractivity contribution in [1.29, 1.82) is 0 Å². The third kappa shape index (κ3) is 2.77. The van der Waals surface area contributed by atoms with Gasteiger partial charge in [-0.25, -0.2) is 0 Å². The summed E-state index contributed by atoms with van der Waals surface area (Å²) in [4.78, 5) is 0. The highest BCUT2D eigenvalue weighted by Gasteiger charge is 2.41. The molecule has 0 N–H and O–H groups in total. The molecule has 19 heavy (non-hydrogen) atoms. The Morgan fingerprint density at radius 1 is 1.32 bits per heavy atom. The number of para-hydroxylation sites is 1. The monoisotopic (exact) mass is 262 g/mol. The van der Waals surface area contributed by atoms with Crippen LogP contribution in [0.25, 0.3) is 0 Å². The first-order valence-electron chi connectivity index (χ1n) is 7.28. The van der Waals surface area contributed by atoms with Crippen LogP contribution in [0.3, 0.4) is 0 Å². The molecule has 0 bridgehead atoms. The van der Waals surface area contributed by atoms with Crippen LogP contribution in [0.2, 0.25) is 0 Å². The summed E-state index contributed by atoms with van der Waals surface area (Å²) in [5.74, 6) is 1.03. The molecule has 1 aromatic rings. The van der Waals surface area contributed by atoms with Gasteiger partial charge in [-0.1, -0.05) is 25.1 Å². The van der Waals surface area contributed by atoms with E-state index in [1.54, 1.807) is 0 Å². The number of hydrogen-bond donors (Lipinski definition) is 0. The minimum atomic E-state index is -0.0793. The molecule has 0 aliphatic carbocycles. The topological polar surface area (TPSA) is 27.7 Å². The van der Waals surface area contributed by atoms with E-state index < -0.39 is 0 Å². The van der Waals surface area contributed by atoms with E-state index >= 15 is 0 Å². The lowest BCUT2D eigenvalue weighted by Gasteiger charge is -2.37. The van der Waals surface area contributed by atoms with E-state index in [0.717, 1.165) is 51.3 Å². The summed E-state index contributed by atoms with van der Waals surface area (Å²) in [7, 11) is 0. The van der Waals surface area contributed by atoms with Crippen LogP contribution in [0.1, 0.15) is 31.7 Å². The quantitative estimate of drug-likeness (QED) is 0.838. The smallest absolute Gasteiger partial charge is 0.122 e. The largest absolute Gasteiger partial charge is 0.490 e. The van der Waals surface area contributed by atoms with Crippen LogP contribution in [0.4, 0.5) is 0 Å². The van der Waals surface area contributed by atoms with E-state index in [1.165, 1.54) is 5.56 Å². The molecule has 0 radical (unpaired) electrons. The summed E-state index contributed by atoms with van der Waals surface area (Å²) in [5, 5.41) is 0. The molecule has 1 spiro atoms. The SMILES string of the molecule is CCc1ccccc1OC1CCOC2(CCOC2)C1. The van der Waals surface area contributed by atoms with Gasteiger partial charge in [0.05, 0.1) is 18.8 Å². The van der Waals surface area contributed by atoms with Gasteiger partial charge in [0, 0.05) is 25.9 Å². The summed E-state index contributed by atoms with van der Waals surface area (Å²) >= 11 is 0. The van der Waals surface area contributed by atoms with Gasteiger partial charge in [-0.3, -0.25) is 0 Å². The molecule has 2 aliphatic heterocycles. The molecular formula is C16H22O3. The van der Waals surface area contributed by atoms with E-state index in [-0.39, 0.29) is 11.7 Å². The summed E-state index contributed by atoms with van der Waals surface area (Å²) in [5.41, 5.74) is 1.20. The molecule has 2 fully saturated rings. The normalized spacial score (nSPS) is 30.7. The van der Waals surface area contributed by atoms with E-state index in [2.05, 4.69) is 25.1 Å². The van der Waals surface area contributed by atoms with Gasteiger partial charge in [0.15, 0.2) is 0 Å². The Hall–Kier alpha value is -1.06. The van der Waals surface area contributed by atoms with E-state index in [1.807, 2.05) is 6.07 Å². The molecule has 0 saturated carbocycles. The van der Waals surface area contributed by atoms with Gasteiger partial charge in [-0.2, -0.15) is 0 Å². The van der Waals surface area contributed by atoms with Crippen molar-refractivity contribution in [3.05, 3.63) is 29.8 Å². The number of hydrogen-bond acceptors (Lipinski definition) is 3. The van der Waals surface area contributed by atoms with E-state index in [9.17, 15) is 0 Å². The zero-order chi connectivity index (χ0) is 13.1. The van der Waals surface area contributed by atoms with Gasteiger partial charge < -0.3 is 14.2 Å². The highest BCUT2D eigenvalue weighted by molar-refractivity contribution is 5.33. The van der Waals surface area contributed by atoms with Crippen LogP contribution in [0, 0.1) is 0 Å². The molecule has 0 aromatic heterocycles. The van der Waals surface area contributed by atoms with Gasteiger partial charge in [-0.15, -0.1) is 0 Å². The van der Waals surface area contributed by atoms with E-state index in [0.29, 0.717) is 0 Å².